The van der Waals surface area contributed by atoms with Crippen LogP contribution in [-0.4, -0.2) is 33.9 Å². The van der Waals surface area contributed by atoms with Gasteiger partial charge in [0.25, 0.3) is 0 Å². The summed E-state index contributed by atoms with van der Waals surface area (Å²) in [5.41, 5.74) is -0.289. The molecule has 0 saturated carbocycles. The Balaban J connectivity index is 1.73. The van der Waals surface area contributed by atoms with Crippen LogP contribution >= 0.6 is 0 Å². The van der Waals surface area contributed by atoms with Crippen molar-refractivity contribution in [1.82, 2.24) is 0 Å². The van der Waals surface area contributed by atoms with Crippen molar-refractivity contribution in [3.05, 3.63) is 48.0 Å². The van der Waals surface area contributed by atoms with Crippen LogP contribution in [0.4, 0.5) is 20.2 Å². The molecular formula is C17H16F2N2O5S. The average Bonchev–Trinajstić information content (AvgIpc) is 3.05. The minimum Gasteiger partial charge on any atom is -0.454 e. The monoisotopic (exact) mass is 398 g/mol. The molecular weight excluding hydrogens is 382 g/mol. The van der Waals surface area contributed by atoms with Crippen LogP contribution < -0.4 is 19.1 Å². The van der Waals surface area contributed by atoms with Crippen molar-refractivity contribution in [2.24, 2.45) is 0 Å². The summed E-state index contributed by atoms with van der Waals surface area (Å²) < 4.78 is 62.8. The zero-order valence-corrected chi connectivity index (χ0v) is 15.1. The number of nitrogens with one attached hydrogen (secondary N) is 1. The van der Waals surface area contributed by atoms with Crippen LogP contribution in [0.2, 0.25) is 0 Å². The van der Waals surface area contributed by atoms with E-state index in [1.165, 1.54) is 18.2 Å². The molecule has 10 heteroatoms. The molecule has 0 spiro atoms. The Morgan fingerprint density at radius 3 is 2.48 bits per heavy atom. The van der Waals surface area contributed by atoms with Gasteiger partial charge in [0.1, 0.15) is 17.3 Å². The Kier molecular flexibility index (Phi) is 5.17. The van der Waals surface area contributed by atoms with E-state index in [2.05, 4.69) is 5.32 Å². The van der Waals surface area contributed by atoms with E-state index >= 15 is 0 Å². The second kappa shape index (κ2) is 7.39. The van der Waals surface area contributed by atoms with Gasteiger partial charge in [-0.25, -0.2) is 17.2 Å². The van der Waals surface area contributed by atoms with E-state index < -0.39 is 33.3 Å². The molecule has 27 heavy (non-hydrogen) atoms. The van der Waals surface area contributed by atoms with Gasteiger partial charge in [-0.2, -0.15) is 0 Å². The van der Waals surface area contributed by atoms with Gasteiger partial charge in [-0.15, -0.1) is 0 Å². The fourth-order valence-corrected chi connectivity index (χ4v) is 3.47. The number of anilines is 2. The van der Waals surface area contributed by atoms with Gasteiger partial charge in [-0.05, 0) is 24.3 Å². The van der Waals surface area contributed by atoms with E-state index in [-0.39, 0.29) is 25.4 Å². The minimum absolute atomic E-state index is 0.0360. The molecule has 1 N–H and O–H groups in total. The third-order valence-electron chi connectivity index (χ3n) is 3.81. The fourth-order valence-electron chi connectivity index (χ4n) is 2.55. The normalized spacial score (nSPS) is 12.7. The van der Waals surface area contributed by atoms with Crippen LogP contribution in [0, 0.1) is 11.6 Å². The number of carbonyl (C=O) groups excluding carboxylic acids is 1. The number of para-hydroxylation sites is 1. The number of hydrogen-bond acceptors (Lipinski definition) is 5. The lowest BCUT2D eigenvalue weighted by molar-refractivity contribution is -0.116. The summed E-state index contributed by atoms with van der Waals surface area (Å²) in [5.74, 6) is -1.69. The highest BCUT2D eigenvalue weighted by Crippen LogP contribution is 2.36. The SMILES string of the molecule is CS(=O)(=O)N(CCC(=O)Nc1c(F)cccc1F)c1ccc2c(c1)OCO2. The fraction of sp³-hybridized carbons (Fsp3) is 0.235. The highest BCUT2D eigenvalue weighted by Gasteiger charge is 2.22. The second-order valence-corrected chi connectivity index (χ2v) is 7.67. The van der Waals surface area contributed by atoms with Crippen molar-refractivity contribution in [1.29, 1.82) is 0 Å². The van der Waals surface area contributed by atoms with Crippen LogP contribution in [0.5, 0.6) is 11.5 Å². The largest absolute Gasteiger partial charge is 0.454 e. The topological polar surface area (TPSA) is 84.9 Å². The highest BCUT2D eigenvalue weighted by atomic mass is 32.2. The molecule has 7 nitrogen and oxygen atoms in total. The third kappa shape index (κ3) is 4.27. The van der Waals surface area contributed by atoms with Gasteiger partial charge in [0, 0.05) is 19.0 Å². The Labute approximate surface area is 154 Å². The minimum atomic E-state index is -3.71. The first kappa shape index (κ1) is 18.9. The van der Waals surface area contributed by atoms with Crippen molar-refractivity contribution in [2.45, 2.75) is 6.42 Å². The van der Waals surface area contributed by atoms with Crippen molar-refractivity contribution < 1.29 is 31.5 Å². The maximum absolute atomic E-state index is 13.6. The van der Waals surface area contributed by atoms with Crippen LogP contribution in [0.25, 0.3) is 0 Å². The molecule has 1 aliphatic rings. The first-order chi connectivity index (χ1) is 12.8. The molecule has 1 amide bonds. The molecule has 0 bridgehead atoms. The number of benzene rings is 2. The van der Waals surface area contributed by atoms with E-state index in [1.807, 2.05) is 0 Å². The number of nitrogens with zero attached hydrogens (tertiary/aromatic N) is 1. The van der Waals surface area contributed by atoms with Crippen LogP contribution in [0.1, 0.15) is 6.42 Å². The lowest BCUT2D eigenvalue weighted by Crippen LogP contribution is -2.33. The summed E-state index contributed by atoms with van der Waals surface area (Å²) in [5, 5.41) is 2.12. The molecule has 144 valence electrons. The third-order valence-corrected chi connectivity index (χ3v) is 5.01. The molecule has 0 fully saturated rings. The number of sulfonamides is 1. The lowest BCUT2D eigenvalue weighted by Gasteiger charge is -2.22. The Hall–Kier alpha value is -2.88. The lowest BCUT2D eigenvalue weighted by atomic mass is 10.2. The van der Waals surface area contributed by atoms with Gasteiger partial charge in [-0.3, -0.25) is 9.10 Å². The molecule has 0 unspecified atom stereocenters. The molecule has 1 aliphatic heterocycles. The van der Waals surface area contributed by atoms with Gasteiger partial charge >= 0.3 is 0 Å². The average molecular weight is 398 g/mol. The first-order valence-electron chi connectivity index (χ1n) is 7.87. The van der Waals surface area contributed by atoms with Crippen LogP contribution in [-0.2, 0) is 14.8 Å². The van der Waals surface area contributed by atoms with Gasteiger partial charge in [0.05, 0.1) is 11.9 Å². The molecule has 0 atom stereocenters. The number of carbonyl (C=O) groups is 1. The van der Waals surface area contributed by atoms with Crippen molar-refractivity contribution in [3.63, 3.8) is 0 Å². The molecule has 0 saturated heterocycles. The Morgan fingerprint density at radius 2 is 1.81 bits per heavy atom. The molecule has 3 rings (SSSR count). The smallest absolute Gasteiger partial charge is 0.232 e. The molecule has 2 aromatic carbocycles. The number of rotatable bonds is 6. The maximum Gasteiger partial charge on any atom is 0.232 e. The summed E-state index contributed by atoms with van der Waals surface area (Å²) in [7, 11) is -3.71. The van der Waals surface area contributed by atoms with Crippen LogP contribution in [0.15, 0.2) is 36.4 Å². The Morgan fingerprint density at radius 1 is 1.15 bits per heavy atom. The van der Waals surface area contributed by atoms with Gasteiger partial charge in [0.15, 0.2) is 11.5 Å². The summed E-state index contributed by atoms with van der Waals surface area (Å²) in [4.78, 5) is 12.1. The van der Waals surface area contributed by atoms with Crippen molar-refractivity contribution >= 4 is 27.3 Å². The van der Waals surface area contributed by atoms with Crippen LogP contribution in [0.3, 0.4) is 0 Å². The summed E-state index contributed by atoms with van der Waals surface area (Å²) in [6.07, 6.45) is 0.682. The zero-order chi connectivity index (χ0) is 19.6. The Bertz CT molecular complexity index is 961. The van der Waals surface area contributed by atoms with E-state index in [0.29, 0.717) is 11.5 Å². The summed E-state index contributed by atoms with van der Waals surface area (Å²) in [6.45, 7) is -0.186. The van der Waals surface area contributed by atoms with Crippen molar-refractivity contribution in [2.75, 3.05) is 29.2 Å². The number of ether oxygens (including phenoxy) is 2. The van der Waals surface area contributed by atoms with E-state index in [4.69, 9.17) is 9.47 Å². The van der Waals surface area contributed by atoms with Gasteiger partial charge in [0.2, 0.25) is 22.7 Å². The second-order valence-electron chi connectivity index (χ2n) is 5.77. The van der Waals surface area contributed by atoms with Gasteiger partial charge in [-0.1, -0.05) is 6.07 Å². The number of fused-ring (bicyclic) bond motifs is 1. The quantitative estimate of drug-likeness (QED) is 0.808. The van der Waals surface area contributed by atoms with E-state index in [1.54, 1.807) is 6.07 Å². The molecule has 0 radical (unpaired) electrons. The predicted octanol–water partition coefficient (Wildman–Crippen LogP) is 2.49. The number of hydrogen-bond donors (Lipinski definition) is 1. The highest BCUT2D eigenvalue weighted by molar-refractivity contribution is 7.92. The predicted molar refractivity (Wildman–Crippen MR) is 94.4 cm³/mol. The zero-order valence-electron chi connectivity index (χ0n) is 14.2. The maximum atomic E-state index is 13.6. The molecule has 2 aromatic rings. The van der Waals surface area contributed by atoms with Gasteiger partial charge < -0.3 is 14.8 Å². The molecule has 0 aliphatic carbocycles. The number of amides is 1. The van der Waals surface area contributed by atoms with Crippen molar-refractivity contribution in [3.8, 4) is 11.5 Å². The molecule has 1 heterocycles. The summed E-state index contributed by atoms with van der Waals surface area (Å²) >= 11 is 0. The summed E-state index contributed by atoms with van der Waals surface area (Å²) in [6, 6.07) is 7.75. The van der Waals surface area contributed by atoms with E-state index in [9.17, 15) is 22.0 Å². The standard InChI is InChI=1S/C17H16F2N2O5S/c1-27(23,24)21(11-5-6-14-15(9-11)26-10-25-14)8-7-16(22)20-17-12(18)3-2-4-13(17)19/h2-6,9H,7-8,10H2,1H3,(H,20,22). The van der Waals surface area contributed by atoms with E-state index in [0.717, 1.165) is 22.7 Å². The molecule has 0 aromatic heterocycles. The first-order valence-corrected chi connectivity index (χ1v) is 9.72. The number of halogens is 2.